The Morgan fingerprint density at radius 2 is 1.68 bits per heavy atom. The van der Waals surface area contributed by atoms with Gasteiger partial charge in [-0.15, -0.1) is 0 Å². The van der Waals surface area contributed by atoms with Gasteiger partial charge in [0, 0.05) is 45.0 Å². The lowest BCUT2D eigenvalue weighted by Crippen LogP contribution is -2.57. The molecule has 1 fully saturated rings. The minimum Gasteiger partial charge on any atom is -0.380 e. The number of fused-ring (bicyclic) bond motifs is 1. The van der Waals surface area contributed by atoms with E-state index in [1.807, 2.05) is 18.2 Å². The molecule has 1 aromatic carbocycles. The van der Waals surface area contributed by atoms with Crippen molar-refractivity contribution in [2.75, 3.05) is 31.1 Å². The van der Waals surface area contributed by atoms with Crippen LogP contribution in [0.3, 0.4) is 0 Å². The largest absolute Gasteiger partial charge is 0.380 e. The van der Waals surface area contributed by atoms with E-state index in [-0.39, 0.29) is 5.91 Å². The molecule has 1 unspecified atom stereocenters. The summed E-state index contributed by atoms with van der Waals surface area (Å²) in [6.45, 7) is 2.53. The summed E-state index contributed by atoms with van der Waals surface area (Å²) < 4.78 is 0. The van der Waals surface area contributed by atoms with E-state index in [0.717, 1.165) is 12.0 Å². The second kappa shape index (κ2) is 6.44. The summed E-state index contributed by atoms with van der Waals surface area (Å²) in [4.78, 5) is 25.3. The highest BCUT2D eigenvalue weighted by Gasteiger charge is 2.42. The van der Waals surface area contributed by atoms with Crippen LogP contribution in [0.1, 0.15) is 17.5 Å². The van der Waals surface area contributed by atoms with Crippen LogP contribution in [0.5, 0.6) is 0 Å². The van der Waals surface area contributed by atoms with Crippen LogP contribution >= 0.6 is 0 Å². The van der Waals surface area contributed by atoms with Crippen LogP contribution in [-0.2, 0) is 17.6 Å². The highest BCUT2D eigenvalue weighted by Crippen LogP contribution is 2.30. The number of nitrogens with zero attached hydrogens (tertiary/aromatic N) is 4. The van der Waals surface area contributed by atoms with Crippen molar-refractivity contribution in [3.8, 4) is 0 Å². The van der Waals surface area contributed by atoms with Crippen molar-refractivity contribution in [1.82, 2.24) is 14.9 Å². The van der Waals surface area contributed by atoms with Gasteiger partial charge >= 0.3 is 0 Å². The molecule has 4 rings (SSSR count). The quantitative estimate of drug-likeness (QED) is 0.886. The molecule has 2 aromatic rings. The maximum absolute atomic E-state index is 13.0. The normalized spacial score (nSPS) is 23.2. The van der Waals surface area contributed by atoms with Gasteiger partial charge in [0.05, 0.1) is 0 Å². The topological polar surface area (TPSA) is 69.6 Å². The van der Waals surface area contributed by atoms with E-state index in [1.54, 1.807) is 23.4 Å². The molecule has 0 spiro atoms. The molecule has 1 amide bonds. The molecule has 1 aromatic heterocycles. The molecule has 2 aliphatic rings. The van der Waals surface area contributed by atoms with E-state index in [9.17, 15) is 9.90 Å². The summed E-state index contributed by atoms with van der Waals surface area (Å²) in [7, 11) is 0. The van der Waals surface area contributed by atoms with Crippen LogP contribution in [-0.4, -0.2) is 57.7 Å². The number of benzene rings is 1. The van der Waals surface area contributed by atoms with Crippen LogP contribution in [0.2, 0.25) is 0 Å². The molecular weight excluding hydrogens is 316 g/mol. The first kappa shape index (κ1) is 16.0. The third-order valence-corrected chi connectivity index (χ3v) is 5.21. The zero-order valence-corrected chi connectivity index (χ0v) is 14.1. The molecule has 6 heteroatoms. The first-order valence-corrected chi connectivity index (χ1v) is 8.76. The Bertz CT molecular complexity index is 759. The Hall–Kier alpha value is -2.47. The van der Waals surface area contributed by atoms with Gasteiger partial charge in [0.2, 0.25) is 5.95 Å². The van der Waals surface area contributed by atoms with Gasteiger partial charge in [-0.1, -0.05) is 24.3 Å². The molecule has 2 heterocycles. The number of anilines is 1. The molecule has 0 radical (unpaired) electrons. The fourth-order valence-corrected chi connectivity index (χ4v) is 3.76. The third-order valence-electron chi connectivity index (χ3n) is 5.21. The Morgan fingerprint density at radius 1 is 1.00 bits per heavy atom. The van der Waals surface area contributed by atoms with Gasteiger partial charge in [-0.3, -0.25) is 4.79 Å². The molecule has 0 bridgehead atoms. The summed E-state index contributed by atoms with van der Waals surface area (Å²) in [5, 5.41) is 11.0. The van der Waals surface area contributed by atoms with Crippen LogP contribution in [0, 0.1) is 0 Å². The molecular formula is C19H22N4O2. The monoisotopic (exact) mass is 338 g/mol. The second-order valence-corrected chi connectivity index (χ2v) is 6.81. The average Bonchev–Trinajstić information content (AvgIpc) is 2.68. The van der Waals surface area contributed by atoms with Gasteiger partial charge in [-0.05, 0) is 30.0 Å². The number of aryl methyl sites for hydroxylation is 1. The number of carbonyl (C=O) groups excluding carboxylic acids is 1. The maximum atomic E-state index is 13.0. The molecule has 1 atom stereocenters. The van der Waals surface area contributed by atoms with Gasteiger partial charge in [-0.2, -0.15) is 0 Å². The van der Waals surface area contributed by atoms with Crippen molar-refractivity contribution in [2.45, 2.75) is 24.9 Å². The number of aliphatic hydroxyl groups is 1. The summed E-state index contributed by atoms with van der Waals surface area (Å²) in [6, 6.07) is 9.86. The molecule has 1 aliphatic carbocycles. The zero-order valence-electron chi connectivity index (χ0n) is 14.1. The smallest absolute Gasteiger partial charge is 0.255 e. The predicted molar refractivity (Wildman–Crippen MR) is 94.2 cm³/mol. The van der Waals surface area contributed by atoms with E-state index in [1.165, 1.54) is 5.56 Å². The van der Waals surface area contributed by atoms with Crippen LogP contribution in [0.4, 0.5) is 5.95 Å². The minimum atomic E-state index is -1.28. The van der Waals surface area contributed by atoms with Crippen LogP contribution in [0.25, 0.3) is 0 Å². The third kappa shape index (κ3) is 3.09. The first-order valence-electron chi connectivity index (χ1n) is 8.76. The fourth-order valence-electron chi connectivity index (χ4n) is 3.76. The van der Waals surface area contributed by atoms with Crippen LogP contribution < -0.4 is 4.90 Å². The van der Waals surface area contributed by atoms with Crippen molar-refractivity contribution in [2.24, 2.45) is 0 Å². The van der Waals surface area contributed by atoms with Gasteiger partial charge in [0.25, 0.3) is 5.91 Å². The zero-order chi connectivity index (χ0) is 17.3. The van der Waals surface area contributed by atoms with Crippen molar-refractivity contribution in [3.05, 3.63) is 53.9 Å². The molecule has 6 nitrogen and oxygen atoms in total. The average molecular weight is 338 g/mol. The number of aromatic nitrogens is 2. The molecule has 1 aliphatic heterocycles. The van der Waals surface area contributed by atoms with E-state index in [2.05, 4.69) is 20.9 Å². The SMILES string of the molecule is O=C(N1CCN(c2ncccn2)CC1)C1(O)CCc2ccccc2C1. The van der Waals surface area contributed by atoms with Crippen molar-refractivity contribution in [1.29, 1.82) is 0 Å². The number of hydrogen-bond donors (Lipinski definition) is 1. The number of carbonyl (C=O) groups is 1. The first-order chi connectivity index (χ1) is 12.2. The number of hydrogen-bond acceptors (Lipinski definition) is 5. The molecule has 1 N–H and O–H groups in total. The molecule has 130 valence electrons. The van der Waals surface area contributed by atoms with Gasteiger partial charge in [-0.25, -0.2) is 9.97 Å². The number of rotatable bonds is 2. The lowest BCUT2D eigenvalue weighted by Gasteiger charge is -2.40. The summed E-state index contributed by atoms with van der Waals surface area (Å²) in [5.41, 5.74) is 1.05. The fraction of sp³-hybridized carbons (Fsp3) is 0.421. The number of amides is 1. The van der Waals surface area contributed by atoms with E-state index < -0.39 is 5.60 Å². The second-order valence-electron chi connectivity index (χ2n) is 6.81. The maximum Gasteiger partial charge on any atom is 0.255 e. The van der Waals surface area contributed by atoms with Crippen molar-refractivity contribution < 1.29 is 9.90 Å². The van der Waals surface area contributed by atoms with Gasteiger partial charge in [0.15, 0.2) is 0 Å². The van der Waals surface area contributed by atoms with Crippen molar-refractivity contribution in [3.63, 3.8) is 0 Å². The Morgan fingerprint density at radius 3 is 2.40 bits per heavy atom. The minimum absolute atomic E-state index is 0.143. The Balaban J connectivity index is 1.42. The Labute approximate surface area is 147 Å². The standard InChI is InChI=1S/C19H22N4O2/c24-17(19(25)7-6-15-4-1-2-5-16(15)14-19)22-10-12-23(13-11-22)18-20-8-3-9-21-18/h1-5,8-9,25H,6-7,10-14H2. The molecule has 1 saturated heterocycles. The lowest BCUT2D eigenvalue weighted by atomic mass is 9.79. The van der Waals surface area contributed by atoms with E-state index in [0.29, 0.717) is 45.0 Å². The van der Waals surface area contributed by atoms with E-state index >= 15 is 0 Å². The summed E-state index contributed by atoms with van der Waals surface area (Å²) in [6.07, 6.45) is 5.09. The lowest BCUT2D eigenvalue weighted by molar-refractivity contribution is -0.152. The highest BCUT2D eigenvalue weighted by molar-refractivity contribution is 5.86. The van der Waals surface area contributed by atoms with Crippen molar-refractivity contribution >= 4 is 11.9 Å². The molecule has 0 saturated carbocycles. The van der Waals surface area contributed by atoms with Gasteiger partial charge < -0.3 is 14.9 Å². The highest BCUT2D eigenvalue weighted by atomic mass is 16.3. The molecule has 25 heavy (non-hydrogen) atoms. The summed E-state index contributed by atoms with van der Waals surface area (Å²) >= 11 is 0. The van der Waals surface area contributed by atoms with E-state index in [4.69, 9.17) is 0 Å². The summed E-state index contributed by atoms with van der Waals surface area (Å²) in [5.74, 6) is 0.551. The predicted octanol–water partition coefficient (Wildman–Crippen LogP) is 1.05. The number of piperazine rings is 1. The van der Waals surface area contributed by atoms with Crippen LogP contribution in [0.15, 0.2) is 42.7 Å². The Kier molecular flexibility index (Phi) is 4.13. The van der Waals surface area contributed by atoms with Gasteiger partial charge in [0.1, 0.15) is 5.60 Å².